The zero-order valence-electron chi connectivity index (χ0n) is 12.3. The van der Waals surface area contributed by atoms with Crippen molar-refractivity contribution >= 4 is 10.0 Å². The summed E-state index contributed by atoms with van der Waals surface area (Å²) in [4.78, 5) is 3.70. The number of hydrogen-bond acceptors (Lipinski definition) is 3. The smallest absolute Gasteiger partial charge is 0.261 e. The van der Waals surface area contributed by atoms with Crippen molar-refractivity contribution in [2.24, 2.45) is 0 Å². The fourth-order valence-electron chi connectivity index (χ4n) is 1.95. The Balaban J connectivity index is 2.17. The molecule has 0 aliphatic carbocycles. The molecule has 0 aliphatic heterocycles. The fourth-order valence-corrected chi connectivity index (χ4v) is 3.17. The van der Waals surface area contributed by atoms with Crippen LogP contribution in [0.3, 0.4) is 0 Å². The minimum Gasteiger partial charge on any atom is -0.261 e. The molecule has 0 unspecified atom stereocenters. The highest BCUT2D eigenvalue weighted by atomic mass is 32.2. The average Bonchev–Trinajstić information content (AvgIpc) is 2.53. The van der Waals surface area contributed by atoms with Crippen LogP contribution in [0.2, 0.25) is 0 Å². The highest BCUT2D eigenvalue weighted by molar-refractivity contribution is 7.89. The Kier molecular flexibility index (Phi) is 5.06. The van der Waals surface area contributed by atoms with Gasteiger partial charge in [0.1, 0.15) is 0 Å². The van der Waals surface area contributed by atoms with Gasteiger partial charge in [-0.1, -0.05) is 12.1 Å². The van der Waals surface area contributed by atoms with E-state index < -0.39 is 21.8 Å². The van der Waals surface area contributed by atoms with Gasteiger partial charge in [0.05, 0.1) is 10.5 Å². The van der Waals surface area contributed by atoms with Crippen molar-refractivity contribution in [3.05, 3.63) is 59.9 Å². The summed E-state index contributed by atoms with van der Waals surface area (Å²) in [5.41, 5.74) is -0.282. The number of halogens is 3. The van der Waals surface area contributed by atoms with Gasteiger partial charge in [-0.05, 0) is 30.3 Å². The monoisotopic (exact) mass is 344 g/mol. The summed E-state index contributed by atoms with van der Waals surface area (Å²) in [6.07, 6.45) is -2.62. The first kappa shape index (κ1) is 17.4. The summed E-state index contributed by atoms with van der Waals surface area (Å²) in [5.74, 6) is 0. The summed E-state index contributed by atoms with van der Waals surface area (Å²) >= 11 is 0. The maximum absolute atomic E-state index is 12.7. The van der Waals surface area contributed by atoms with Crippen molar-refractivity contribution < 1.29 is 21.6 Å². The van der Waals surface area contributed by atoms with Gasteiger partial charge in [-0.3, -0.25) is 4.98 Å². The fraction of sp³-hybridized carbons (Fsp3) is 0.267. The predicted octanol–water partition coefficient (Wildman–Crippen LogP) is 2.96. The van der Waals surface area contributed by atoms with Gasteiger partial charge in [-0.2, -0.15) is 13.2 Å². The zero-order valence-corrected chi connectivity index (χ0v) is 13.1. The molecule has 0 spiro atoms. The summed E-state index contributed by atoms with van der Waals surface area (Å²) in [7, 11) is -2.65. The van der Waals surface area contributed by atoms with Crippen LogP contribution in [-0.2, 0) is 22.6 Å². The Hall–Kier alpha value is -1.93. The number of hydrogen-bond donors (Lipinski definition) is 0. The second-order valence-electron chi connectivity index (χ2n) is 4.92. The molecule has 0 amide bonds. The van der Waals surface area contributed by atoms with Crippen molar-refractivity contribution in [2.75, 3.05) is 13.6 Å². The Bertz CT molecular complexity index is 762. The highest BCUT2D eigenvalue weighted by Gasteiger charge is 2.32. The molecule has 0 saturated carbocycles. The van der Waals surface area contributed by atoms with E-state index in [1.54, 1.807) is 24.4 Å². The molecule has 0 fully saturated rings. The maximum Gasteiger partial charge on any atom is 0.416 e. The van der Waals surface area contributed by atoms with E-state index >= 15 is 0 Å². The van der Waals surface area contributed by atoms with Gasteiger partial charge >= 0.3 is 6.18 Å². The van der Waals surface area contributed by atoms with Crippen LogP contribution in [0, 0.1) is 0 Å². The summed E-state index contributed by atoms with van der Waals surface area (Å²) < 4.78 is 63.9. The van der Waals surface area contributed by atoms with Gasteiger partial charge < -0.3 is 0 Å². The molecular weight excluding hydrogens is 329 g/mol. The molecule has 23 heavy (non-hydrogen) atoms. The van der Waals surface area contributed by atoms with Crippen molar-refractivity contribution in [1.29, 1.82) is 0 Å². The number of likely N-dealkylation sites (N-methyl/N-ethyl adjacent to an activating group) is 1. The Labute approximate surface area is 132 Å². The molecule has 1 aromatic carbocycles. The number of pyridine rings is 1. The number of benzene rings is 1. The summed E-state index contributed by atoms with van der Waals surface area (Å²) in [5, 5.41) is 0. The maximum atomic E-state index is 12.7. The molecule has 4 nitrogen and oxygen atoms in total. The van der Waals surface area contributed by atoms with E-state index in [1.807, 2.05) is 0 Å². The van der Waals surface area contributed by atoms with Crippen LogP contribution >= 0.6 is 0 Å². The van der Waals surface area contributed by atoms with Crippen molar-refractivity contribution in [1.82, 2.24) is 9.29 Å². The van der Waals surface area contributed by atoms with E-state index in [-0.39, 0.29) is 11.4 Å². The number of nitrogens with zero attached hydrogens (tertiary/aromatic N) is 2. The van der Waals surface area contributed by atoms with Crippen LogP contribution in [0.4, 0.5) is 13.2 Å². The number of alkyl halides is 3. The first-order chi connectivity index (χ1) is 10.7. The molecule has 8 heteroatoms. The lowest BCUT2D eigenvalue weighted by atomic mass is 10.2. The van der Waals surface area contributed by atoms with Crippen molar-refractivity contribution in [3.8, 4) is 0 Å². The third-order valence-corrected chi connectivity index (χ3v) is 5.13. The molecular formula is C15H15F3N2O2S. The van der Waals surface area contributed by atoms with Gasteiger partial charge in [0.25, 0.3) is 0 Å². The molecule has 0 saturated heterocycles. The van der Waals surface area contributed by atoms with E-state index in [0.29, 0.717) is 18.2 Å². The molecule has 0 aliphatic rings. The van der Waals surface area contributed by atoms with E-state index in [1.165, 1.54) is 7.05 Å². The first-order valence-corrected chi connectivity index (χ1v) is 8.19. The second-order valence-corrected chi connectivity index (χ2v) is 6.97. The SMILES string of the molecule is CN(CCc1ccccn1)S(=O)(=O)c1cccc(C(F)(F)F)c1. The predicted molar refractivity (Wildman–Crippen MR) is 79.2 cm³/mol. The van der Waals surface area contributed by atoms with Crippen molar-refractivity contribution in [2.45, 2.75) is 17.5 Å². The Morgan fingerprint density at radius 1 is 1.13 bits per heavy atom. The van der Waals surface area contributed by atoms with Gasteiger partial charge in [-0.25, -0.2) is 12.7 Å². The van der Waals surface area contributed by atoms with E-state index in [0.717, 1.165) is 22.5 Å². The number of aromatic nitrogens is 1. The third kappa shape index (κ3) is 4.29. The Morgan fingerprint density at radius 2 is 1.87 bits per heavy atom. The highest BCUT2D eigenvalue weighted by Crippen LogP contribution is 2.31. The lowest BCUT2D eigenvalue weighted by Gasteiger charge is -2.18. The number of sulfonamides is 1. The molecule has 1 aromatic heterocycles. The molecule has 0 radical (unpaired) electrons. The minimum absolute atomic E-state index is 0.121. The minimum atomic E-state index is -4.59. The van der Waals surface area contributed by atoms with E-state index in [2.05, 4.69) is 4.98 Å². The quantitative estimate of drug-likeness (QED) is 0.838. The Morgan fingerprint density at radius 3 is 2.48 bits per heavy atom. The first-order valence-electron chi connectivity index (χ1n) is 6.75. The van der Waals surface area contributed by atoms with Crippen LogP contribution in [0.5, 0.6) is 0 Å². The molecule has 124 valence electrons. The topological polar surface area (TPSA) is 50.3 Å². The lowest BCUT2D eigenvalue weighted by molar-refractivity contribution is -0.137. The van der Waals surface area contributed by atoms with Crippen LogP contribution < -0.4 is 0 Å². The molecule has 2 rings (SSSR count). The summed E-state index contributed by atoms with van der Waals surface area (Å²) in [6.45, 7) is 0.121. The molecule has 1 heterocycles. The van der Waals surface area contributed by atoms with Crippen molar-refractivity contribution in [3.63, 3.8) is 0 Å². The van der Waals surface area contributed by atoms with E-state index in [9.17, 15) is 21.6 Å². The number of rotatable bonds is 5. The molecule has 0 atom stereocenters. The normalized spacial score (nSPS) is 12.6. The third-order valence-electron chi connectivity index (χ3n) is 3.28. The second kappa shape index (κ2) is 6.67. The lowest BCUT2D eigenvalue weighted by Crippen LogP contribution is -2.29. The average molecular weight is 344 g/mol. The van der Waals surface area contributed by atoms with Crippen LogP contribution in [-0.4, -0.2) is 31.3 Å². The van der Waals surface area contributed by atoms with Crippen LogP contribution in [0.25, 0.3) is 0 Å². The largest absolute Gasteiger partial charge is 0.416 e. The standard InChI is InChI=1S/C15H15F3N2O2S/c1-20(10-8-13-6-2-3-9-19-13)23(21,22)14-7-4-5-12(11-14)15(16,17)18/h2-7,9,11H,8,10H2,1H3. The van der Waals surface area contributed by atoms with Gasteiger partial charge in [0.15, 0.2) is 0 Å². The zero-order chi connectivity index (χ0) is 17.1. The molecule has 2 aromatic rings. The molecule has 0 bridgehead atoms. The van der Waals surface area contributed by atoms with Gasteiger partial charge in [0.2, 0.25) is 10.0 Å². The van der Waals surface area contributed by atoms with Crippen LogP contribution in [0.15, 0.2) is 53.6 Å². The van der Waals surface area contributed by atoms with Gasteiger partial charge in [0, 0.05) is 31.9 Å². The summed E-state index contributed by atoms with van der Waals surface area (Å²) in [6, 6.07) is 9.00. The van der Waals surface area contributed by atoms with Gasteiger partial charge in [-0.15, -0.1) is 0 Å². The van der Waals surface area contributed by atoms with E-state index in [4.69, 9.17) is 0 Å². The molecule has 0 N–H and O–H groups in total. The van der Waals surface area contributed by atoms with Crippen LogP contribution in [0.1, 0.15) is 11.3 Å².